The number of nitrogens with two attached hydrogens (primary N) is 2. The molecule has 4 aliphatic rings. The Balaban J connectivity index is 0.000000154. The van der Waals surface area contributed by atoms with E-state index in [1.165, 1.54) is 23.7 Å². The number of phenols is 2. The maximum absolute atomic E-state index is 8.92. The molecular formula is C26H40N2O2. The van der Waals surface area contributed by atoms with Gasteiger partial charge in [-0.2, -0.15) is 0 Å². The molecule has 6 rings (SSSR count). The molecule has 4 fully saturated rings. The third-order valence-corrected chi connectivity index (χ3v) is 6.37. The van der Waals surface area contributed by atoms with Gasteiger partial charge in [0.05, 0.1) is 11.4 Å². The normalized spacial score (nSPS) is 25.1. The summed E-state index contributed by atoms with van der Waals surface area (Å²) in [4.78, 5) is 0. The number of benzene rings is 2. The molecule has 0 aliphatic heterocycles. The summed E-state index contributed by atoms with van der Waals surface area (Å²) in [5, 5.41) is 17.8. The first kappa shape index (κ1) is 23.9. The van der Waals surface area contributed by atoms with Gasteiger partial charge in [0.15, 0.2) is 0 Å². The van der Waals surface area contributed by atoms with Gasteiger partial charge in [0.2, 0.25) is 0 Å². The van der Waals surface area contributed by atoms with Gasteiger partial charge >= 0.3 is 0 Å². The van der Waals surface area contributed by atoms with Crippen LogP contribution in [0.3, 0.4) is 0 Å². The Kier molecular flexibility index (Phi) is 8.88. The summed E-state index contributed by atoms with van der Waals surface area (Å²) in [6, 6.07) is 10.3. The zero-order chi connectivity index (χ0) is 22.3. The van der Waals surface area contributed by atoms with Crippen molar-refractivity contribution >= 4 is 11.4 Å². The molecule has 0 amide bonds. The minimum atomic E-state index is 0.153. The highest BCUT2D eigenvalue weighted by Crippen LogP contribution is 2.53. The molecule has 4 saturated carbocycles. The molecule has 6 N–H and O–H groups in total. The first-order valence-electron chi connectivity index (χ1n) is 11.4. The van der Waals surface area contributed by atoms with Crippen LogP contribution < -0.4 is 11.5 Å². The van der Waals surface area contributed by atoms with Gasteiger partial charge in [0, 0.05) is 0 Å². The molecule has 0 heterocycles. The summed E-state index contributed by atoms with van der Waals surface area (Å²) in [6.07, 6.45) is 9.62. The van der Waals surface area contributed by atoms with E-state index in [0.29, 0.717) is 11.4 Å². The molecule has 0 aromatic heterocycles. The van der Waals surface area contributed by atoms with Crippen LogP contribution in [0, 0.1) is 37.5 Å². The van der Waals surface area contributed by atoms with Crippen molar-refractivity contribution in [2.24, 2.45) is 23.7 Å². The molecule has 166 valence electrons. The monoisotopic (exact) mass is 412 g/mol. The fourth-order valence-electron chi connectivity index (χ4n) is 5.33. The first-order valence-corrected chi connectivity index (χ1v) is 11.4. The lowest BCUT2D eigenvalue weighted by Crippen LogP contribution is -2.38. The molecule has 4 aliphatic carbocycles. The molecule has 0 atom stereocenters. The summed E-state index contributed by atoms with van der Waals surface area (Å²) >= 11 is 0. The van der Waals surface area contributed by atoms with Crippen LogP contribution in [0.5, 0.6) is 11.5 Å². The molecule has 0 unspecified atom stereocenters. The number of phenolic OH excluding ortho intramolecular Hbond substituents is 2. The Bertz CT molecular complexity index is 698. The Morgan fingerprint density at radius 3 is 1.07 bits per heavy atom. The summed E-state index contributed by atoms with van der Waals surface area (Å²) in [6.45, 7) is 7.85. The van der Waals surface area contributed by atoms with E-state index >= 15 is 0 Å². The van der Waals surface area contributed by atoms with Crippen molar-refractivity contribution < 1.29 is 10.2 Å². The van der Waals surface area contributed by atoms with E-state index in [1.54, 1.807) is 62.8 Å². The number of rotatable bonds is 0. The van der Waals surface area contributed by atoms with Gasteiger partial charge in [-0.25, -0.2) is 0 Å². The second-order valence-electron chi connectivity index (χ2n) is 9.00. The van der Waals surface area contributed by atoms with Gasteiger partial charge in [-0.05, 0) is 111 Å². The quantitative estimate of drug-likeness (QED) is 0.296. The fraction of sp³-hybridized carbons (Fsp3) is 0.538. The van der Waals surface area contributed by atoms with E-state index < -0.39 is 0 Å². The maximum atomic E-state index is 8.92. The van der Waals surface area contributed by atoms with Crippen LogP contribution in [0.4, 0.5) is 11.4 Å². The third kappa shape index (κ3) is 6.86. The zero-order valence-corrected chi connectivity index (χ0v) is 19.1. The van der Waals surface area contributed by atoms with Crippen LogP contribution >= 0.6 is 0 Å². The van der Waals surface area contributed by atoms with Crippen LogP contribution in [-0.4, -0.2) is 10.2 Å². The predicted molar refractivity (Wildman–Crippen MR) is 128 cm³/mol. The first-order chi connectivity index (χ1) is 14.3. The van der Waals surface area contributed by atoms with E-state index in [-0.39, 0.29) is 11.5 Å². The van der Waals surface area contributed by atoms with Gasteiger partial charge in [-0.3, -0.25) is 0 Å². The highest BCUT2D eigenvalue weighted by atomic mass is 16.3. The molecule has 30 heavy (non-hydrogen) atoms. The van der Waals surface area contributed by atoms with Gasteiger partial charge in [0.1, 0.15) is 11.5 Å². The van der Waals surface area contributed by atoms with E-state index in [0.717, 1.165) is 11.1 Å². The molecule has 4 bridgehead atoms. The number of aryl methyl sites for hydroxylation is 2. The molecule has 2 aromatic carbocycles. The smallest absolute Gasteiger partial charge is 0.138 e. The van der Waals surface area contributed by atoms with Crippen molar-refractivity contribution in [1.29, 1.82) is 0 Å². The van der Waals surface area contributed by atoms with Crippen LogP contribution in [-0.2, 0) is 0 Å². The highest BCUT2D eigenvalue weighted by molar-refractivity contribution is 5.53. The van der Waals surface area contributed by atoms with E-state index in [2.05, 4.69) is 0 Å². The predicted octanol–water partition coefficient (Wildman–Crippen LogP) is 6.42. The number of hydrogen-bond donors (Lipinski definition) is 4. The average molecular weight is 413 g/mol. The molecule has 4 heteroatoms. The molecule has 0 spiro atoms. The maximum Gasteiger partial charge on any atom is 0.138 e. The Morgan fingerprint density at radius 1 is 0.600 bits per heavy atom. The van der Waals surface area contributed by atoms with Gasteiger partial charge in [-0.15, -0.1) is 0 Å². The zero-order valence-electron chi connectivity index (χ0n) is 19.1. The van der Waals surface area contributed by atoms with Gasteiger partial charge < -0.3 is 21.7 Å². The average Bonchev–Trinajstić information content (AvgIpc) is 2.70. The molecule has 4 nitrogen and oxygen atoms in total. The lowest BCUT2D eigenvalue weighted by molar-refractivity contribution is 0.0198. The highest BCUT2D eigenvalue weighted by Gasteiger charge is 2.41. The minimum absolute atomic E-state index is 0.153. The Labute approximate surface area is 182 Å². The van der Waals surface area contributed by atoms with Gasteiger partial charge in [0.25, 0.3) is 0 Å². The molecule has 0 radical (unpaired) electrons. The third-order valence-electron chi connectivity index (χ3n) is 6.37. The standard InChI is InChI=1S/C10H16.2C7H9NO.C2H6/c1-7-2-9-4-8(1)5-10(3-7)6-9;2*1-5-2-3-7(9)6(8)4-5;1-2/h7-10H,1-6H2;2*2-4,9H,8H2,1H3;1-2H3. The lowest BCUT2D eigenvalue weighted by Gasteiger charge is -2.49. The van der Waals surface area contributed by atoms with E-state index in [1.807, 2.05) is 39.8 Å². The van der Waals surface area contributed by atoms with Crippen molar-refractivity contribution in [2.45, 2.75) is 66.2 Å². The molecule has 2 aromatic rings. The Morgan fingerprint density at radius 2 is 0.867 bits per heavy atom. The van der Waals surface area contributed by atoms with Crippen molar-refractivity contribution in [3.63, 3.8) is 0 Å². The number of nitrogen functional groups attached to an aromatic ring is 2. The fourth-order valence-corrected chi connectivity index (χ4v) is 5.33. The Hall–Kier alpha value is -2.36. The second-order valence-corrected chi connectivity index (χ2v) is 9.00. The number of hydrogen-bond acceptors (Lipinski definition) is 4. The van der Waals surface area contributed by atoms with Crippen molar-refractivity contribution in [2.75, 3.05) is 11.5 Å². The minimum Gasteiger partial charge on any atom is -0.506 e. The van der Waals surface area contributed by atoms with E-state index in [4.69, 9.17) is 21.7 Å². The topological polar surface area (TPSA) is 92.5 Å². The van der Waals surface area contributed by atoms with Gasteiger partial charge in [-0.1, -0.05) is 26.0 Å². The second kappa shape index (κ2) is 11.1. The summed E-state index contributed by atoms with van der Waals surface area (Å²) in [5.74, 6) is 5.01. The van der Waals surface area contributed by atoms with Crippen LogP contribution in [0.2, 0.25) is 0 Å². The number of anilines is 2. The largest absolute Gasteiger partial charge is 0.506 e. The van der Waals surface area contributed by atoms with Crippen molar-refractivity contribution in [3.05, 3.63) is 47.5 Å². The summed E-state index contributed by atoms with van der Waals surface area (Å²) in [7, 11) is 0. The van der Waals surface area contributed by atoms with Crippen LogP contribution in [0.1, 0.15) is 63.5 Å². The van der Waals surface area contributed by atoms with Crippen molar-refractivity contribution in [3.8, 4) is 11.5 Å². The summed E-state index contributed by atoms with van der Waals surface area (Å²) in [5.41, 5.74) is 13.7. The lowest BCUT2D eigenvalue weighted by atomic mass is 9.56. The van der Waals surface area contributed by atoms with Crippen molar-refractivity contribution in [1.82, 2.24) is 0 Å². The molecule has 0 saturated heterocycles. The number of aromatic hydroxyl groups is 2. The molecular weight excluding hydrogens is 372 g/mol. The van der Waals surface area contributed by atoms with E-state index in [9.17, 15) is 0 Å². The SMILES string of the molecule is C1C2CC3CC1CC(C2)C3.CC.Cc1ccc(O)c(N)c1.Cc1ccc(O)c(N)c1. The van der Waals surface area contributed by atoms with Crippen LogP contribution in [0.25, 0.3) is 0 Å². The summed E-state index contributed by atoms with van der Waals surface area (Å²) < 4.78 is 0. The van der Waals surface area contributed by atoms with Crippen LogP contribution in [0.15, 0.2) is 36.4 Å².